The zero-order valence-corrected chi connectivity index (χ0v) is 14.6. The number of H-pyrrole nitrogens is 1. The molecule has 0 aromatic carbocycles. The molecule has 0 radical (unpaired) electrons. The predicted molar refractivity (Wildman–Crippen MR) is 89.7 cm³/mol. The van der Waals surface area contributed by atoms with Gasteiger partial charge in [-0.3, -0.25) is 14.2 Å². The molecule has 0 aliphatic carbocycles. The summed E-state index contributed by atoms with van der Waals surface area (Å²) in [6.45, 7) is 5.37. The Labute approximate surface area is 145 Å². The minimum Gasteiger partial charge on any atom is -0.376 e. The van der Waals surface area contributed by atoms with E-state index in [1.54, 1.807) is 0 Å². The van der Waals surface area contributed by atoms with Crippen LogP contribution in [0.3, 0.4) is 0 Å². The zero-order valence-electron chi connectivity index (χ0n) is 14.6. The molecule has 2 heterocycles. The van der Waals surface area contributed by atoms with E-state index in [0.717, 1.165) is 23.6 Å². The Balaban J connectivity index is 2.08. The molecule has 1 fully saturated rings. The lowest BCUT2D eigenvalue weighted by Crippen LogP contribution is -2.44. The number of hydrogen-bond donors (Lipinski definition) is 2. The number of ether oxygens (including phenoxy) is 3. The van der Waals surface area contributed by atoms with Crippen molar-refractivity contribution in [2.24, 2.45) is 0 Å². The van der Waals surface area contributed by atoms with Gasteiger partial charge in [-0.1, -0.05) is 0 Å². The van der Waals surface area contributed by atoms with Gasteiger partial charge >= 0.3 is 5.69 Å². The molecule has 1 saturated heterocycles. The smallest absolute Gasteiger partial charge is 0.328 e. The molecule has 1 aliphatic rings. The number of carbonyl (C=O) groups is 1. The van der Waals surface area contributed by atoms with Crippen LogP contribution in [0.25, 0.3) is 0 Å². The lowest BCUT2D eigenvalue weighted by atomic mass is 10.2. The minimum atomic E-state index is -0.638. The standard InChI is InChI=1S/C16H25N3O6/c1-3-23-13(24-4-2)9-17-14(20)12-8-18-16(22)19(15(12)21)10-11-6-5-7-25-11/h8,11,13H,3-7,9-10H2,1-2H3,(H,17,20)(H,18,22). The normalized spacial score (nSPS) is 17.2. The predicted octanol–water partition coefficient (Wildman–Crippen LogP) is -0.155. The van der Waals surface area contributed by atoms with Crippen molar-refractivity contribution in [1.29, 1.82) is 0 Å². The van der Waals surface area contributed by atoms with Crippen molar-refractivity contribution in [3.8, 4) is 0 Å². The summed E-state index contributed by atoms with van der Waals surface area (Å²) in [5.74, 6) is -0.591. The van der Waals surface area contributed by atoms with Gasteiger partial charge in [0.25, 0.3) is 11.5 Å². The summed E-state index contributed by atoms with van der Waals surface area (Å²) in [4.78, 5) is 39.1. The fourth-order valence-corrected chi connectivity index (χ4v) is 2.64. The molecule has 0 spiro atoms. The first-order valence-corrected chi connectivity index (χ1v) is 8.52. The van der Waals surface area contributed by atoms with Crippen LogP contribution >= 0.6 is 0 Å². The van der Waals surface area contributed by atoms with Gasteiger partial charge in [0.1, 0.15) is 5.56 Å². The van der Waals surface area contributed by atoms with Crippen molar-refractivity contribution in [2.75, 3.05) is 26.4 Å². The highest BCUT2D eigenvalue weighted by atomic mass is 16.7. The van der Waals surface area contributed by atoms with Crippen LogP contribution in [0.5, 0.6) is 0 Å². The van der Waals surface area contributed by atoms with Gasteiger partial charge in [-0.25, -0.2) is 4.79 Å². The first-order valence-electron chi connectivity index (χ1n) is 8.52. The number of nitrogens with zero attached hydrogens (tertiary/aromatic N) is 1. The molecular formula is C16H25N3O6. The Hall–Kier alpha value is -1.97. The summed E-state index contributed by atoms with van der Waals surface area (Å²) in [7, 11) is 0. The third-order valence-electron chi connectivity index (χ3n) is 3.85. The summed E-state index contributed by atoms with van der Waals surface area (Å²) in [5.41, 5.74) is -1.33. The van der Waals surface area contributed by atoms with Gasteiger partial charge in [0.05, 0.1) is 19.2 Å². The van der Waals surface area contributed by atoms with Crippen LogP contribution in [0.4, 0.5) is 0 Å². The topological polar surface area (TPSA) is 112 Å². The second-order valence-electron chi connectivity index (χ2n) is 5.61. The van der Waals surface area contributed by atoms with Crippen LogP contribution in [0.15, 0.2) is 15.8 Å². The molecule has 140 valence electrons. The van der Waals surface area contributed by atoms with E-state index < -0.39 is 23.4 Å². The SMILES string of the molecule is CCOC(CNC(=O)c1c[nH]c(=O)n(CC2CCCO2)c1=O)OCC. The highest BCUT2D eigenvalue weighted by molar-refractivity contribution is 5.93. The van der Waals surface area contributed by atoms with Gasteiger partial charge in [-0.05, 0) is 26.7 Å². The second kappa shape index (κ2) is 9.50. The Morgan fingerprint density at radius 3 is 2.72 bits per heavy atom. The minimum absolute atomic E-state index is 0.102. The van der Waals surface area contributed by atoms with Crippen LogP contribution in [0.1, 0.15) is 37.0 Å². The van der Waals surface area contributed by atoms with Crippen molar-refractivity contribution in [3.63, 3.8) is 0 Å². The number of hydrogen-bond acceptors (Lipinski definition) is 6. The maximum atomic E-state index is 12.5. The number of amides is 1. The van der Waals surface area contributed by atoms with Gasteiger partial charge < -0.3 is 24.5 Å². The molecule has 1 unspecified atom stereocenters. The van der Waals surface area contributed by atoms with E-state index >= 15 is 0 Å². The van der Waals surface area contributed by atoms with E-state index in [2.05, 4.69) is 10.3 Å². The summed E-state index contributed by atoms with van der Waals surface area (Å²) < 4.78 is 17.1. The molecule has 0 bridgehead atoms. The van der Waals surface area contributed by atoms with Crippen LogP contribution in [-0.2, 0) is 20.8 Å². The van der Waals surface area contributed by atoms with Gasteiger partial charge in [0, 0.05) is 26.0 Å². The van der Waals surface area contributed by atoms with Crippen LogP contribution in [0, 0.1) is 0 Å². The number of rotatable bonds is 9. The Kier molecular flexibility index (Phi) is 7.35. The van der Waals surface area contributed by atoms with Gasteiger partial charge in [-0.15, -0.1) is 0 Å². The van der Waals surface area contributed by atoms with Gasteiger partial charge in [-0.2, -0.15) is 0 Å². The highest BCUT2D eigenvalue weighted by Crippen LogP contribution is 2.12. The second-order valence-corrected chi connectivity index (χ2v) is 5.61. The van der Waals surface area contributed by atoms with Crippen LogP contribution < -0.4 is 16.6 Å². The summed E-state index contributed by atoms with van der Waals surface area (Å²) in [6, 6.07) is 0. The molecule has 1 aliphatic heterocycles. The lowest BCUT2D eigenvalue weighted by molar-refractivity contribution is -0.131. The summed E-state index contributed by atoms with van der Waals surface area (Å²) in [6.07, 6.45) is 2.04. The van der Waals surface area contributed by atoms with E-state index in [-0.39, 0.29) is 24.8 Å². The van der Waals surface area contributed by atoms with Crippen LogP contribution in [0.2, 0.25) is 0 Å². The quantitative estimate of drug-likeness (QED) is 0.596. The van der Waals surface area contributed by atoms with Crippen molar-refractivity contribution in [1.82, 2.24) is 14.9 Å². The van der Waals surface area contributed by atoms with E-state index in [0.29, 0.717) is 19.8 Å². The number of nitrogens with one attached hydrogen (secondary N) is 2. The highest BCUT2D eigenvalue weighted by Gasteiger charge is 2.21. The molecule has 25 heavy (non-hydrogen) atoms. The monoisotopic (exact) mass is 355 g/mol. The molecule has 1 aromatic heterocycles. The third kappa shape index (κ3) is 5.25. The zero-order chi connectivity index (χ0) is 18.2. The largest absolute Gasteiger partial charge is 0.376 e. The maximum Gasteiger partial charge on any atom is 0.328 e. The van der Waals surface area contributed by atoms with E-state index in [4.69, 9.17) is 14.2 Å². The molecular weight excluding hydrogens is 330 g/mol. The Morgan fingerprint density at radius 2 is 2.12 bits per heavy atom. The van der Waals surface area contributed by atoms with Crippen molar-refractivity contribution >= 4 is 5.91 Å². The van der Waals surface area contributed by atoms with Gasteiger partial charge in [0.15, 0.2) is 6.29 Å². The summed E-state index contributed by atoms with van der Waals surface area (Å²) >= 11 is 0. The number of carbonyl (C=O) groups excluding carboxylic acids is 1. The van der Waals surface area contributed by atoms with E-state index in [1.807, 2.05) is 13.8 Å². The average molecular weight is 355 g/mol. The third-order valence-corrected chi connectivity index (χ3v) is 3.85. The van der Waals surface area contributed by atoms with E-state index in [9.17, 15) is 14.4 Å². The number of aromatic nitrogens is 2. The Bertz CT molecular complexity index is 671. The molecule has 2 N–H and O–H groups in total. The molecule has 1 atom stereocenters. The Morgan fingerprint density at radius 1 is 1.40 bits per heavy atom. The maximum absolute atomic E-state index is 12.5. The fraction of sp³-hybridized carbons (Fsp3) is 0.688. The first-order chi connectivity index (χ1) is 12.1. The van der Waals surface area contributed by atoms with Crippen molar-refractivity contribution in [2.45, 2.75) is 45.6 Å². The molecule has 9 nitrogen and oxygen atoms in total. The van der Waals surface area contributed by atoms with Gasteiger partial charge in [0.2, 0.25) is 0 Å². The molecule has 2 rings (SSSR count). The van der Waals surface area contributed by atoms with Crippen molar-refractivity contribution in [3.05, 3.63) is 32.6 Å². The summed E-state index contributed by atoms with van der Waals surface area (Å²) in [5, 5.41) is 2.59. The fourth-order valence-electron chi connectivity index (χ4n) is 2.64. The first kappa shape index (κ1) is 19.4. The molecule has 1 aromatic rings. The number of aromatic amines is 1. The molecule has 9 heteroatoms. The lowest BCUT2D eigenvalue weighted by Gasteiger charge is -2.17. The molecule has 1 amide bonds. The molecule has 0 saturated carbocycles. The van der Waals surface area contributed by atoms with Crippen LogP contribution in [-0.4, -0.2) is 54.2 Å². The average Bonchev–Trinajstić information content (AvgIpc) is 3.10. The van der Waals surface area contributed by atoms with Crippen molar-refractivity contribution < 1.29 is 19.0 Å². The van der Waals surface area contributed by atoms with E-state index in [1.165, 1.54) is 0 Å².